The van der Waals surface area contributed by atoms with Gasteiger partial charge >= 0.3 is 33.6 Å². The summed E-state index contributed by atoms with van der Waals surface area (Å²) < 4.78 is 68.2. The Labute approximate surface area is 434 Å². The Kier molecular flexibility index (Phi) is 30.5. The quantitative estimate of drug-likeness (QED) is 0.0613. The summed E-state index contributed by atoms with van der Waals surface area (Å²) in [6.07, 6.45) is 0. The second-order valence-electron chi connectivity index (χ2n) is 28.6. The van der Waals surface area contributed by atoms with Gasteiger partial charge in [-0.2, -0.15) is 0 Å². The Hall–Kier alpha value is 1.34. The molecule has 0 aromatic rings. The van der Waals surface area contributed by atoms with Crippen LogP contribution >= 0.6 is 28.6 Å². The van der Waals surface area contributed by atoms with Crippen LogP contribution in [0, 0.1) is 0 Å². The van der Waals surface area contributed by atoms with Crippen LogP contribution in [0.5, 0.6) is 0 Å². The van der Waals surface area contributed by atoms with Crippen LogP contribution in [0.1, 0.15) is 166 Å². The molecule has 0 saturated carbocycles. The van der Waals surface area contributed by atoms with Crippen molar-refractivity contribution >= 4 is 61.5 Å². The van der Waals surface area contributed by atoms with E-state index in [2.05, 4.69) is 219 Å². The van der Waals surface area contributed by atoms with Crippen molar-refractivity contribution < 1.29 is 51.8 Å². The number of nitrogens with zero attached hydrogens (tertiary/aromatic N) is 8. The number of hydrogen-bond acceptors (Lipinski definition) is 4. The van der Waals surface area contributed by atoms with Crippen LogP contribution in [0.4, 0.5) is 0 Å². The van der Waals surface area contributed by atoms with Crippen molar-refractivity contribution in [2.75, 3.05) is 23.1 Å². The largest absolute Gasteiger partial charge is 2.00 e. The first kappa shape index (κ1) is 78.8. The van der Waals surface area contributed by atoms with Gasteiger partial charge < -0.3 is 49.7 Å². The fourth-order valence-electron chi connectivity index (χ4n) is 9.88. The normalized spacial score (nSPS) is 14.5. The summed E-state index contributed by atoms with van der Waals surface area (Å²) >= 11 is 0. The van der Waals surface area contributed by atoms with E-state index >= 15 is 0 Å². The molecule has 12 nitrogen and oxygen atoms in total. The fraction of sp³-hybridized carbons (Fsp3) is 1.00. The van der Waals surface area contributed by atoms with E-state index in [1.807, 2.05) is 0 Å². The van der Waals surface area contributed by atoms with Gasteiger partial charge in [-0.1, -0.05) is 251 Å². The Morgan fingerprint density at radius 3 is 0.439 bits per heavy atom. The summed E-state index contributed by atoms with van der Waals surface area (Å²) in [6, 6.07) is 0. The second kappa shape index (κ2) is 25.5. The molecule has 0 aromatic heterocycles. The topological polar surface area (TPSA) is 214 Å². The van der Waals surface area contributed by atoms with Gasteiger partial charge in [0.25, 0.3) is 0 Å². The van der Waals surface area contributed by atoms with Crippen molar-refractivity contribution in [2.45, 2.75) is 260 Å². The maximum Gasteiger partial charge on any atom is 2.00 e. The molecule has 0 fully saturated rings. The van der Waals surface area contributed by atoms with Crippen molar-refractivity contribution in [1.82, 2.24) is 0 Å². The smallest absolute Gasteiger partial charge is 0.666 e. The summed E-state index contributed by atoms with van der Waals surface area (Å²) in [5.41, 5.74) is 27.0. The predicted octanol–water partition coefficient (Wildman–Crippen LogP) is 19.3. The van der Waals surface area contributed by atoms with Crippen LogP contribution in [0.25, 0.3) is 41.2 Å². The molecule has 2 radical (unpaired) electrons. The zero-order valence-corrected chi connectivity index (χ0v) is 58.2. The maximum absolute atomic E-state index is 14.3. The minimum Gasteiger partial charge on any atom is -0.666 e. The predicted molar refractivity (Wildman–Crippen MR) is 305 cm³/mol. The molecule has 0 heterocycles. The molecule has 0 N–H and O–H groups in total. The van der Waals surface area contributed by atoms with Crippen LogP contribution in [-0.2, 0) is 51.8 Å². The molecular weight excluding hydrogens is 1060 g/mol. The standard InChI is InChI=1S/2C22H52NO2P2Si2.2Co.2N3/c2*1-19(2,3)26(24,20(4,5)6)17-28(13,14)23-29(15,16)18-27(25,21(7,8)9)22(10,11)12;;;2*1-3-2/h2*17-18H2,1-16H3;;;;/q2*-1;2*+2;2*-1. The average molecular weight is 1160 g/mol. The van der Waals surface area contributed by atoms with Gasteiger partial charge in [0, 0.05) is 41.2 Å². The minimum atomic E-state index is -2.49. The van der Waals surface area contributed by atoms with Crippen LogP contribution < -0.4 is 0 Å². The minimum absolute atomic E-state index is 0. The molecule has 0 saturated heterocycles. The maximum atomic E-state index is 14.3. The molecule has 0 aliphatic heterocycles. The van der Waals surface area contributed by atoms with E-state index in [1.54, 1.807) is 0 Å². The Balaban J connectivity index is -0.000000237. The zero-order chi connectivity index (χ0) is 53.7. The van der Waals surface area contributed by atoms with Crippen LogP contribution in [0.15, 0.2) is 0 Å². The summed E-state index contributed by atoms with van der Waals surface area (Å²) in [5, 5.41) is -1.87. The van der Waals surface area contributed by atoms with E-state index in [4.69, 9.17) is 31.4 Å². The molecular formula is C44H104Co2N8O4P4Si4. The third-order valence-electron chi connectivity index (χ3n) is 12.3. The van der Waals surface area contributed by atoms with Gasteiger partial charge in [-0.15, -0.1) is 0 Å². The van der Waals surface area contributed by atoms with E-state index in [-0.39, 0.29) is 74.8 Å². The van der Waals surface area contributed by atoms with Crippen LogP contribution in [0.3, 0.4) is 0 Å². The molecule has 0 aromatic carbocycles. The van der Waals surface area contributed by atoms with Crippen LogP contribution in [0.2, 0.25) is 52.4 Å². The summed E-state index contributed by atoms with van der Waals surface area (Å²) in [5.74, 6) is 2.94. The van der Waals surface area contributed by atoms with Crippen molar-refractivity contribution in [3.05, 3.63) is 41.2 Å². The van der Waals surface area contributed by atoms with Gasteiger partial charge in [0.15, 0.2) is 0 Å². The second-order valence-corrected chi connectivity index (χ2v) is 66.6. The molecule has 0 atom stereocenters. The van der Waals surface area contributed by atoms with Crippen molar-refractivity contribution in [1.29, 1.82) is 0 Å². The van der Waals surface area contributed by atoms with Gasteiger partial charge in [-0.25, -0.2) is 0 Å². The van der Waals surface area contributed by atoms with Gasteiger partial charge in [-0.3, -0.25) is 9.82 Å². The van der Waals surface area contributed by atoms with E-state index in [0.29, 0.717) is 0 Å². The SMILES string of the molecule is CC(C)(C)P(=O)(C[Si](C)(C)[N-][Si](C)(C)CP(=O)(C(C)(C)C)C(C)(C)C)C(C)(C)C.CC(C)(C)P(=O)(C[Si](C)(C)[N-][Si](C)(C)CP(=O)(C(C)(C)C)C(C)(C)C)C(C)(C)C.[Co+2].[Co+2].[N-]=[N+]=[N-].[N-]=[N+]=[N-]. The molecule has 66 heavy (non-hydrogen) atoms. The average Bonchev–Trinajstić information content (AvgIpc) is 2.91. The van der Waals surface area contributed by atoms with Gasteiger partial charge in [0.2, 0.25) is 0 Å². The van der Waals surface area contributed by atoms with E-state index in [9.17, 15) is 18.3 Å². The van der Waals surface area contributed by atoms with Crippen molar-refractivity contribution in [3.63, 3.8) is 0 Å². The van der Waals surface area contributed by atoms with Gasteiger partial charge in [0.05, 0.1) is 28.6 Å². The van der Waals surface area contributed by atoms with E-state index in [1.165, 1.54) is 9.82 Å². The van der Waals surface area contributed by atoms with Gasteiger partial charge in [0.1, 0.15) is 0 Å². The molecule has 0 bridgehead atoms. The summed E-state index contributed by atoms with van der Waals surface area (Å²) in [4.78, 5) is 3.00. The monoisotopic (exact) mass is 1160 g/mol. The molecule has 0 rings (SSSR count). The van der Waals surface area contributed by atoms with Crippen LogP contribution in [-0.4, -0.2) is 97.3 Å². The third kappa shape index (κ3) is 22.6. The first-order valence-corrected chi connectivity index (χ1v) is 43.1. The Morgan fingerprint density at radius 2 is 0.379 bits per heavy atom. The number of rotatable bonds is 12. The third-order valence-corrected chi connectivity index (χ3v) is 58.8. The van der Waals surface area contributed by atoms with E-state index in [0.717, 1.165) is 23.1 Å². The molecule has 22 heteroatoms. The number of hydrogen-bond donors (Lipinski definition) is 0. The summed E-state index contributed by atoms with van der Waals surface area (Å²) in [7, 11) is -18.4. The fourth-order valence-corrected chi connectivity index (χ4v) is 67.3. The molecule has 0 amide bonds. The van der Waals surface area contributed by atoms with Gasteiger partial charge in [-0.05, 0) is 23.1 Å². The zero-order valence-electron chi connectivity index (χ0n) is 48.5. The Morgan fingerprint density at radius 1 is 0.303 bits per heavy atom. The first-order chi connectivity index (χ1) is 27.1. The molecule has 0 unspecified atom stereocenters. The first-order valence-electron chi connectivity index (χ1n) is 22.9. The molecule has 0 spiro atoms. The van der Waals surface area contributed by atoms with E-state index < -0.39 is 61.5 Å². The Bertz CT molecular complexity index is 1480. The van der Waals surface area contributed by atoms with Crippen molar-refractivity contribution in [3.8, 4) is 0 Å². The van der Waals surface area contributed by atoms with Crippen molar-refractivity contribution in [2.24, 2.45) is 0 Å². The molecule has 0 aliphatic carbocycles. The molecule has 0 aliphatic rings. The molecule has 398 valence electrons. The summed E-state index contributed by atoms with van der Waals surface area (Å²) in [6.45, 7) is 69.1.